The number of rotatable bonds is 7. The number of halogens is 3. The van der Waals surface area contributed by atoms with Crippen LogP contribution in [0.4, 0.5) is 19.0 Å². The number of carbonyl (C=O) groups excluding carboxylic acids is 1. The number of hydrogen-bond acceptors (Lipinski definition) is 6. The number of hydrogen-bond donors (Lipinski definition) is 2. The number of carbonyl (C=O) groups is 1. The molecule has 6 nitrogen and oxygen atoms in total. The Bertz CT molecular complexity index is 1040. The fourth-order valence-corrected chi connectivity index (χ4v) is 2.82. The third-order valence-corrected chi connectivity index (χ3v) is 4.38. The van der Waals surface area contributed by atoms with Gasteiger partial charge < -0.3 is 16.2 Å². The molecule has 0 aliphatic rings. The van der Waals surface area contributed by atoms with Gasteiger partial charge in [0.15, 0.2) is 0 Å². The summed E-state index contributed by atoms with van der Waals surface area (Å²) in [5.74, 6) is -1.29. The molecule has 4 N–H and O–H groups in total. The summed E-state index contributed by atoms with van der Waals surface area (Å²) < 4.78 is 45.7. The molecule has 1 atom stereocenters. The molecule has 9 heteroatoms. The second-order valence-electron chi connectivity index (χ2n) is 6.46. The van der Waals surface area contributed by atoms with Gasteiger partial charge in [0, 0.05) is 30.4 Å². The zero-order chi connectivity index (χ0) is 21.7. The highest BCUT2D eigenvalue weighted by molar-refractivity contribution is 6.11. The van der Waals surface area contributed by atoms with Gasteiger partial charge in [-0.25, -0.2) is 9.97 Å². The molecule has 0 spiro atoms. The number of ether oxygens (including phenoxy) is 1. The summed E-state index contributed by atoms with van der Waals surface area (Å²) >= 11 is 0. The van der Waals surface area contributed by atoms with Gasteiger partial charge in [-0.1, -0.05) is 30.3 Å². The first-order valence-electron chi connectivity index (χ1n) is 9.04. The van der Waals surface area contributed by atoms with Crippen LogP contribution in [0.3, 0.4) is 0 Å². The lowest BCUT2D eigenvalue weighted by Gasteiger charge is -2.15. The summed E-state index contributed by atoms with van der Waals surface area (Å²) in [4.78, 5) is 20.2. The summed E-state index contributed by atoms with van der Waals surface area (Å²) in [5, 5.41) is 0. The SMILES string of the molecule is Nc1ncccc1C(=O)c1nc(OCCC(N)c2ccccc2)ccc1C(F)(F)F.[HH].[HH].[HH].[HH]. The van der Waals surface area contributed by atoms with E-state index in [1.54, 1.807) is 0 Å². The van der Waals surface area contributed by atoms with E-state index >= 15 is 0 Å². The lowest BCUT2D eigenvalue weighted by Crippen LogP contribution is -2.18. The summed E-state index contributed by atoms with van der Waals surface area (Å²) in [7, 11) is 0. The van der Waals surface area contributed by atoms with Gasteiger partial charge in [-0.3, -0.25) is 4.79 Å². The van der Waals surface area contributed by atoms with Crippen LogP contribution in [0.15, 0.2) is 60.8 Å². The van der Waals surface area contributed by atoms with Crippen LogP contribution in [0.5, 0.6) is 5.88 Å². The molecule has 1 aromatic carbocycles. The minimum absolute atomic E-state index is 0. The Balaban J connectivity index is 0. The highest BCUT2D eigenvalue weighted by Gasteiger charge is 2.37. The van der Waals surface area contributed by atoms with Crippen LogP contribution in [0.2, 0.25) is 0 Å². The van der Waals surface area contributed by atoms with Crippen molar-refractivity contribution < 1.29 is 28.4 Å². The zero-order valence-electron chi connectivity index (χ0n) is 15.8. The van der Waals surface area contributed by atoms with Crippen molar-refractivity contribution in [1.29, 1.82) is 0 Å². The molecule has 164 valence electrons. The molecule has 2 aromatic heterocycles. The molecule has 0 amide bonds. The van der Waals surface area contributed by atoms with Crippen LogP contribution in [0.25, 0.3) is 0 Å². The summed E-state index contributed by atoms with van der Waals surface area (Å²) in [5.41, 5.74) is 10.5. The van der Waals surface area contributed by atoms with Crippen molar-refractivity contribution in [3.8, 4) is 5.88 Å². The predicted molar refractivity (Wildman–Crippen MR) is 113 cm³/mol. The first kappa shape index (κ1) is 21.3. The molecule has 0 radical (unpaired) electrons. The van der Waals surface area contributed by atoms with E-state index in [0.717, 1.165) is 17.7 Å². The normalized spacial score (nSPS) is 12.4. The topological polar surface area (TPSA) is 104 Å². The Morgan fingerprint density at radius 2 is 1.83 bits per heavy atom. The molecule has 0 aliphatic carbocycles. The maximum Gasteiger partial charge on any atom is 0.418 e. The molecular weight excluding hydrogens is 397 g/mol. The van der Waals surface area contributed by atoms with Crippen molar-refractivity contribution >= 4 is 11.6 Å². The molecule has 3 aromatic rings. The third kappa shape index (κ3) is 4.93. The number of ketones is 1. The van der Waals surface area contributed by atoms with E-state index in [9.17, 15) is 18.0 Å². The number of nitrogens with zero attached hydrogens (tertiary/aromatic N) is 2. The number of nitrogen functional groups attached to an aromatic ring is 1. The van der Waals surface area contributed by atoms with Gasteiger partial charge in [-0.05, 0) is 23.8 Å². The number of pyridine rings is 2. The summed E-state index contributed by atoms with van der Waals surface area (Å²) in [6, 6.07) is 13.5. The molecule has 0 fully saturated rings. The molecule has 1 unspecified atom stereocenters. The minimum atomic E-state index is -4.77. The Morgan fingerprint density at radius 1 is 1.10 bits per heavy atom. The van der Waals surface area contributed by atoms with Gasteiger partial charge in [0.2, 0.25) is 11.7 Å². The van der Waals surface area contributed by atoms with Crippen molar-refractivity contribution in [3.05, 3.63) is 83.2 Å². The Labute approximate surface area is 176 Å². The molecule has 0 aliphatic heterocycles. The first-order chi connectivity index (χ1) is 14.3. The van der Waals surface area contributed by atoms with Crippen molar-refractivity contribution in [2.45, 2.75) is 18.6 Å². The average Bonchev–Trinajstić information content (AvgIpc) is 2.73. The number of anilines is 1. The van der Waals surface area contributed by atoms with E-state index in [-0.39, 0.29) is 35.6 Å². The van der Waals surface area contributed by atoms with Crippen LogP contribution in [-0.2, 0) is 6.18 Å². The number of alkyl halides is 3. The number of benzene rings is 1. The molecule has 0 saturated heterocycles. The molecular formula is C21H27F3N4O2. The quantitative estimate of drug-likeness (QED) is 0.530. The van der Waals surface area contributed by atoms with Gasteiger partial charge in [-0.2, -0.15) is 13.2 Å². The third-order valence-electron chi connectivity index (χ3n) is 4.38. The van der Waals surface area contributed by atoms with Crippen LogP contribution in [-0.4, -0.2) is 22.4 Å². The largest absolute Gasteiger partial charge is 0.478 e. The lowest BCUT2D eigenvalue weighted by molar-refractivity contribution is -0.138. The maximum absolute atomic E-state index is 13.4. The first-order valence-corrected chi connectivity index (χ1v) is 9.04. The standard InChI is InChI=1S/C21H19F3N4O2.4H2/c22-21(23,24)15-8-9-17(30-12-10-16(25)13-5-2-1-3-6-13)28-18(15)19(29)14-7-4-11-27-20(14)26;;;;/h1-9,11,16H,10,12,25H2,(H2,26,27);4*1H. The average molecular weight is 424 g/mol. The molecule has 0 saturated carbocycles. The lowest BCUT2D eigenvalue weighted by atomic mass is 10.0. The number of aromatic nitrogens is 2. The van der Waals surface area contributed by atoms with Gasteiger partial charge in [0.25, 0.3) is 0 Å². The van der Waals surface area contributed by atoms with Crippen LogP contribution >= 0.6 is 0 Å². The highest BCUT2D eigenvalue weighted by atomic mass is 19.4. The second kappa shape index (κ2) is 8.91. The predicted octanol–water partition coefficient (Wildman–Crippen LogP) is 4.76. The van der Waals surface area contributed by atoms with Crippen LogP contribution in [0.1, 0.15) is 45.3 Å². The van der Waals surface area contributed by atoms with Gasteiger partial charge in [0.1, 0.15) is 11.5 Å². The van der Waals surface area contributed by atoms with Crippen molar-refractivity contribution in [2.24, 2.45) is 5.73 Å². The Morgan fingerprint density at radius 3 is 2.50 bits per heavy atom. The number of nitrogens with two attached hydrogens (primary N) is 2. The Kier molecular flexibility index (Phi) is 6.31. The highest BCUT2D eigenvalue weighted by Crippen LogP contribution is 2.33. The van der Waals surface area contributed by atoms with E-state index in [1.807, 2.05) is 30.3 Å². The van der Waals surface area contributed by atoms with Gasteiger partial charge >= 0.3 is 6.18 Å². The second-order valence-corrected chi connectivity index (χ2v) is 6.46. The van der Waals surface area contributed by atoms with Crippen molar-refractivity contribution in [2.75, 3.05) is 12.3 Å². The molecule has 30 heavy (non-hydrogen) atoms. The molecule has 3 rings (SSSR count). The Hall–Kier alpha value is -3.46. The van der Waals surface area contributed by atoms with Crippen LogP contribution in [0, 0.1) is 0 Å². The zero-order valence-corrected chi connectivity index (χ0v) is 15.8. The van der Waals surface area contributed by atoms with E-state index < -0.39 is 23.2 Å². The molecule has 0 bridgehead atoms. The fourth-order valence-electron chi connectivity index (χ4n) is 2.82. The summed E-state index contributed by atoms with van der Waals surface area (Å²) in [6.45, 7) is 0.108. The van der Waals surface area contributed by atoms with E-state index in [4.69, 9.17) is 16.2 Å². The minimum Gasteiger partial charge on any atom is -0.478 e. The summed E-state index contributed by atoms with van der Waals surface area (Å²) in [6.07, 6.45) is -3.03. The van der Waals surface area contributed by atoms with Gasteiger partial charge in [0.05, 0.1) is 17.7 Å². The smallest absolute Gasteiger partial charge is 0.418 e. The monoisotopic (exact) mass is 424 g/mol. The van der Waals surface area contributed by atoms with Crippen molar-refractivity contribution in [1.82, 2.24) is 9.97 Å². The van der Waals surface area contributed by atoms with E-state index in [0.29, 0.717) is 6.42 Å². The fraction of sp³-hybridized carbons (Fsp3) is 0.190. The van der Waals surface area contributed by atoms with E-state index in [1.165, 1.54) is 18.3 Å². The molecule has 2 heterocycles. The van der Waals surface area contributed by atoms with Crippen LogP contribution < -0.4 is 16.2 Å². The maximum atomic E-state index is 13.4. The van der Waals surface area contributed by atoms with E-state index in [2.05, 4.69) is 9.97 Å². The van der Waals surface area contributed by atoms with Crippen molar-refractivity contribution in [3.63, 3.8) is 0 Å². The van der Waals surface area contributed by atoms with Gasteiger partial charge in [-0.15, -0.1) is 0 Å².